The van der Waals surface area contributed by atoms with Crippen LogP contribution in [0.4, 0.5) is 9.59 Å². The number of hydrogen-bond donors (Lipinski definition) is 5. The second-order valence-corrected chi connectivity index (χ2v) is 16.5. The third-order valence-electron chi connectivity index (χ3n) is 9.46. The van der Waals surface area contributed by atoms with Crippen LogP contribution in [0.1, 0.15) is 93.9 Å². The quantitative estimate of drug-likeness (QED) is 0.188. The Kier molecular flexibility index (Phi) is 11.8. The zero-order chi connectivity index (χ0) is 36.4. The Morgan fingerprint density at radius 3 is 2.08 bits per heavy atom. The average Bonchev–Trinajstić information content (AvgIpc) is 3.65. The van der Waals surface area contributed by atoms with Crippen molar-refractivity contribution in [2.75, 3.05) is 19.6 Å². The molecule has 0 spiro atoms. The molecule has 0 aromatic carbocycles. The Hall–Kier alpha value is -3.91. The Balaban J connectivity index is 1.81. The number of amides is 7. The van der Waals surface area contributed by atoms with Crippen molar-refractivity contribution in [3.05, 3.63) is 0 Å². The summed E-state index contributed by atoms with van der Waals surface area (Å²) in [7, 11) is 0. The molecular weight excluding hydrogens is 622 g/mol. The lowest BCUT2D eigenvalue weighted by Gasteiger charge is -2.41. The fourth-order valence-electron chi connectivity index (χ4n) is 6.16. The van der Waals surface area contributed by atoms with Gasteiger partial charge in [0.15, 0.2) is 0 Å². The summed E-state index contributed by atoms with van der Waals surface area (Å²) in [6, 6.07) is -4.59. The smallest absolute Gasteiger partial charge is 0.404 e. The van der Waals surface area contributed by atoms with Crippen LogP contribution in [-0.2, 0) is 28.7 Å². The van der Waals surface area contributed by atoms with Crippen molar-refractivity contribution in [3.63, 3.8) is 0 Å². The number of nitrogens with two attached hydrogens (primary N) is 2. The first kappa shape index (κ1) is 38.5. The van der Waals surface area contributed by atoms with Gasteiger partial charge in [0.05, 0.1) is 18.6 Å². The van der Waals surface area contributed by atoms with E-state index in [-0.39, 0.29) is 36.6 Å². The number of primary amides is 2. The van der Waals surface area contributed by atoms with Crippen molar-refractivity contribution in [2.45, 2.75) is 124 Å². The van der Waals surface area contributed by atoms with Gasteiger partial charge >= 0.3 is 12.1 Å². The molecular formula is C33H55N7O8. The van der Waals surface area contributed by atoms with Crippen LogP contribution in [-0.4, -0.2) is 101 Å². The normalized spacial score (nSPS) is 23.0. The number of likely N-dealkylation sites (tertiary alicyclic amines) is 2. The van der Waals surface area contributed by atoms with E-state index in [9.17, 15) is 33.6 Å². The van der Waals surface area contributed by atoms with E-state index in [1.807, 2.05) is 20.8 Å². The predicted molar refractivity (Wildman–Crippen MR) is 176 cm³/mol. The van der Waals surface area contributed by atoms with Gasteiger partial charge < -0.3 is 42.0 Å². The maximum absolute atomic E-state index is 14.2. The van der Waals surface area contributed by atoms with Crippen LogP contribution in [0.2, 0.25) is 0 Å². The highest BCUT2D eigenvalue weighted by molar-refractivity contribution is 6.37. The molecule has 2 saturated heterocycles. The summed E-state index contributed by atoms with van der Waals surface area (Å²) in [6.45, 7) is 15.9. The summed E-state index contributed by atoms with van der Waals surface area (Å²) in [5.74, 6) is -3.28. The van der Waals surface area contributed by atoms with Crippen molar-refractivity contribution in [1.29, 1.82) is 0 Å². The van der Waals surface area contributed by atoms with Crippen molar-refractivity contribution in [1.82, 2.24) is 25.8 Å². The van der Waals surface area contributed by atoms with Crippen molar-refractivity contribution < 1.29 is 38.3 Å². The number of carbonyl (C=O) groups is 7. The van der Waals surface area contributed by atoms with Crippen LogP contribution in [0.5, 0.6) is 0 Å². The van der Waals surface area contributed by atoms with Gasteiger partial charge in [0.1, 0.15) is 18.2 Å². The Morgan fingerprint density at radius 1 is 0.958 bits per heavy atom. The number of Topliss-reactive ketones (excluding diaryl/α,β-unsaturated/α-hetero) is 1. The van der Waals surface area contributed by atoms with Crippen molar-refractivity contribution >= 4 is 41.5 Å². The molecule has 0 radical (unpaired) electrons. The number of urea groups is 1. The molecule has 5 atom stereocenters. The first-order valence-corrected chi connectivity index (χ1v) is 16.7. The van der Waals surface area contributed by atoms with Gasteiger partial charge in [-0.3, -0.25) is 24.0 Å². The standard InChI is InChI=1S/C33H55N7O8/c1-31(2,3)22(17-39-12-11-33(7,8)15-23(39)41)37-30(47)38-25(32(4,5)6)28(45)40-16-19(48-29(35)46)14-21(40)27(44)36-20(13-18-9-10-18)24(42)26(34)43/h18-22,25H,9-17H2,1-8H3,(H2,34,43)(H2,35,46)(H,36,44)(H2,37,38,47)/t19-,20?,21+,22-,25-/m1/s1. The van der Waals surface area contributed by atoms with Gasteiger partial charge in [-0.25, -0.2) is 9.59 Å². The predicted octanol–water partition coefficient (Wildman–Crippen LogP) is 1.17. The fourth-order valence-corrected chi connectivity index (χ4v) is 6.16. The van der Waals surface area contributed by atoms with Crippen molar-refractivity contribution in [3.8, 4) is 0 Å². The topological polar surface area (TPSA) is 223 Å². The Bertz CT molecular complexity index is 1280. The number of hydrogen-bond acceptors (Lipinski definition) is 8. The molecule has 270 valence electrons. The van der Waals surface area contributed by atoms with Gasteiger partial charge in [-0.1, -0.05) is 68.2 Å². The number of nitrogens with one attached hydrogen (secondary N) is 3. The number of nitrogens with zero attached hydrogens (tertiary/aromatic N) is 2. The molecule has 1 saturated carbocycles. The van der Waals surface area contributed by atoms with E-state index in [0.717, 1.165) is 19.3 Å². The zero-order valence-corrected chi connectivity index (χ0v) is 29.6. The first-order valence-electron chi connectivity index (χ1n) is 16.7. The second kappa shape index (κ2) is 14.7. The van der Waals surface area contributed by atoms with Gasteiger partial charge in [-0.15, -0.1) is 0 Å². The molecule has 3 aliphatic rings. The molecule has 2 heterocycles. The zero-order valence-electron chi connectivity index (χ0n) is 29.6. The molecule has 1 aliphatic carbocycles. The SMILES string of the molecule is CC1(C)CCN(C[C@@H](NC(=O)N[C@H](C(=O)N2C[C@H](OC(N)=O)C[C@H]2C(=O)NC(CC2CC2)C(=O)C(N)=O)C(C)(C)C)C(C)(C)C)C(=O)C1. The summed E-state index contributed by atoms with van der Waals surface area (Å²) in [5, 5.41) is 8.36. The molecule has 0 aromatic rings. The molecule has 3 rings (SSSR count). The van der Waals surface area contributed by atoms with E-state index in [1.54, 1.807) is 25.7 Å². The van der Waals surface area contributed by atoms with E-state index in [1.165, 1.54) is 4.90 Å². The number of rotatable bonds is 12. The summed E-state index contributed by atoms with van der Waals surface area (Å²) in [5.41, 5.74) is 9.11. The number of carbonyl (C=O) groups excluding carboxylic acids is 7. The number of piperidine rings is 1. The lowest BCUT2D eigenvalue weighted by atomic mass is 9.81. The maximum atomic E-state index is 14.2. The minimum atomic E-state index is -1.20. The van der Waals surface area contributed by atoms with Gasteiger partial charge in [-0.2, -0.15) is 0 Å². The van der Waals surface area contributed by atoms with Gasteiger partial charge in [0.2, 0.25) is 23.5 Å². The monoisotopic (exact) mass is 677 g/mol. The van der Waals surface area contributed by atoms with Crippen LogP contribution < -0.4 is 27.4 Å². The third-order valence-corrected chi connectivity index (χ3v) is 9.46. The van der Waals surface area contributed by atoms with Gasteiger partial charge in [-0.05, 0) is 35.0 Å². The second-order valence-electron chi connectivity index (χ2n) is 16.5. The highest BCUT2D eigenvalue weighted by atomic mass is 16.6. The molecule has 3 fully saturated rings. The summed E-state index contributed by atoms with van der Waals surface area (Å²) < 4.78 is 5.16. The Morgan fingerprint density at radius 2 is 1.58 bits per heavy atom. The summed E-state index contributed by atoms with van der Waals surface area (Å²) in [6.07, 6.45) is 1.06. The van der Waals surface area contributed by atoms with Crippen LogP contribution in [0, 0.1) is 22.2 Å². The van der Waals surface area contributed by atoms with Crippen LogP contribution in [0.15, 0.2) is 0 Å². The van der Waals surface area contributed by atoms with E-state index in [0.29, 0.717) is 19.5 Å². The van der Waals surface area contributed by atoms with Crippen LogP contribution in [0.25, 0.3) is 0 Å². The molecule has 1 unspecified atom stereocenters. The van der Waals surface area contributed by atoms with Crippen LogP contribution in [0.3, 0.4) is 0 Å². The lowest BCUT2D eigenvalue weighted by molar-refractivity contribution is -0.143. The molecule has 7 N–H and O–H groups in total. The molecule has 7 amide bonds. The van der Waals surface area contributed by atoms with E-state index < -0.39 is 76.7 Å². The van der Waals surface area contributed by atoms with Gasteiger partial charge in [0.25, 0.3) is 5.91 Å². The number of ether oxygens (including phenoxy) is 1. The first-order chi connectivity index (χ1) is 22.0. The molecule has 2 aliphatic heterocycles. The summed E-state index contributed by atoms with van der Waals surface area (Å²) in [4.78, 5) is 93.2. The minimum Gasteiger partial charge on any atom is -0.444 e. The van der Waals surface area contributed by atoms with E-state index >= 15 is 0 Å². The highest BCUT2D eigenvalue weighted by Gasteiger charge is 2.47. The maximum Gasteiger partial charge on any atom is 0.404 e. The minimum absolute atomic E-state index is 0.0217. The number of ketones is 1. The van der Waals surface area contributed by atoms with E-state index in [4.69, 9.17) is 16.2 Å². The Labute approximate surface area is 282 Å². The molecule has 15 nitrogen and oxygen atoms in total. The third kappa shape index (κ3) is 10.5. The lowest BCUT2D eigenvalue weighted by Crippen LogP contribution is -2.62. The molecule has 0 aromatic heterocycles. The van der Waals surface area contributed by atoms with E-state index in [2.05, 4.69) is 29.8 Å². The highest BCUT2D eigenvalue weighted by Crippen LogP contribution is 2.34. The largest absolute Gasteiger partial charge is 0.444 e. The molecule has 0 bridgehead atoms. The molecule has 15 heteroatoms. The molecule has 48 heavy (non-hydrogen) atoms. The van der Waals surface area contributed by atoms with Crippen molar-refractivity contribution in [2.24, 2.45) is 33.6 Å². The average molecular weight is 678 g/mol. The van der Waals surface area contributed by atoms with Crippen LogP contribution >= 0.6 is 0 Å². The van der Waals surface area contributed by atoms with Gasteiger partial charge in [0, 0.05) is 25.9 Å². The fraction of sp³-hybridized carbons (Fsp3) is 0.788. The summed E-state index contributed by atoms with van der Waals surface area (Å²) >= 11 is 0.